The maximum absolute atomic E-state index is 6.72. The minimum absolute atomic E-state index is 0.0122. The van der Waals surface area contributed by atoms with Gasteiger partial charge < -0.3 is 0 Å². The normalized spacial score (nSPS) is 17.7. The molecule has 0 spiro atoms. The van der Waals surface area contributed by atoms with Crippen LogP contribution in [0.15, 0.2) is 97.2 Å². The predicted molar refractivity (Wildman–Crippen MR) is 201 cm³/mol. The fraction of sp³-hybridized carbons (Fsp3) is 0.318. The predicted octanol–water partition coefficient (Wildman–Crippen LogP) is 11.2. The van der Waals surface area contributed by atoms with Crippen molar-refractivity contribution < 1.29 is 24.1 Å². The zero-order chi connectivity index (χ0) is 35.5. The average Bonchev–Trinajstić information content (AvgIpc) is 3.38. The van der Waals surface area contributed by atoms with Crippen molar-refractivity contribution in [3.05, 3.63) is 129 Å². The van der Waals surface area contributed by atoms with Gasteiger partial charge in [-0.1, -0.05) is 47.6 Å². The topological polar surface area (TPSA) is 35.2 Å². The first-order valence-corrected chi connectivity index (χ1v) is 18.7. The van der Waals surface area contributed by atoms with Gasteiger partial charge in [-0.15, -0.1) is 0 Å². The van der Waals surface area contributed by atoms with Crippen molar-refractivity contribution in [2.75, 3.05) is 4.90 Å². The summed E-state index contributed by atoms with van der Waals surface area (Å²) in [6.07, 6.45) is 1.92. The van der Waals surface area contributed by atoms with Crippen LogP contribution in [0.2, 0.25) is 0 Å². The van der Waals surface area contributed by atoms with E-state index in [-0.39, 0.29) is 21.7 Å². The Hall–Kier alpha value is -4.21. The Morgan fingerprint density at radius 2 is 1.30 bits per heavy atom. The molecule has 0 unspecified atom stereocenters. The molecule has 3 heterocycles. The Labute approximate surface area is 307 Å². The standard InChI is InChI=1S/C44H46N4O.Pt/c1-28-20-21-45-40(22-28)48-38-24-31(49-30-15-13-14-29(23-30)47-27-46(10)36-16-11-12-17-37(36)47)18-19-32(38)41(2,3)35-25-33-34(26-39(35)48)43(6,7)44(8,9)42(33,4)5;/h11-26H,1-10H3;. The Balaban J connectivity index is 1.28. The molecule has 5 nitrogen and oxygen atoms in total. The summed E-state index contributed by atoms with van der Waals surface area (Å²) in [5.41, 5.74) is 12.2. The SMILES string of the molecule is Cc1ccnc(N2c3cc(Oc4cccc(-n5[c](=[Pt])n(C)c6ccccc65)c4)ccc3C(C)(C)c3cc4c(cc32)C(C)(C)C(C)(C)C4(C)C)c1. The number of nitrogens with zero attached hydrogens (tertiary/aromatic N) is 4. The number of ether oxygens (including phenoxy) is 1. The fourth-order valence-electron chi connectivity index (χ4n) is 8.55. The van der Waals surface area contributed by atoms with Crippen molar-refractivity contribution in [2.24, 2.45) is 12.5 Å². The number of pyridine rings is 1. The minimum atomic E-state index is -0.243. The first-order chi connectivity index (χ1) is 23.6. The maximum atomic E-state index is 6.72. The Morgan fingerprint density at radius 3 is 2.02 bits per heavy atom. The molecule has 0 saturated heterocycles. The van der Waals surface area contributed by atoms with E-state index >= 15 is 0 Å². The van der Waals surface area contributed by atoms with Crippen molar-refractivity contribution >= 4 is 28.2 Å². The Morgan fingerprint density at radius 1 is 0.640 bits per heavy atom. The van der Waals surface area contributed by atoms with E-state index < -0.39 is 0 Å². The van der Waals surface area contributed by atoms with Gasteiger partial charge in [0.2, 0.25) is 0 Å². The molecule has 6 aromatic rings. The molecular formula is C44H46N4OPt. The van der Waals surface area contributed by atoms with Crippen LogP contribution >= 0.6 is 0 Å². The third-order valence-corrected chi connectivity index (χ3v) is 14.0. The number of fused-ring (bicyclic) bond motifs is 4. The minimum Gasteiger partial charge on any atom is -0.0582 e. The summed E-state index contributed by atoms with van der Waals surface area (Å²) >= 11 is 2.40. The summed E-state index contributed by atoms with van der Waals surface area (Å²) in [7, 11) is 2.11. The number of imidazole rings is 1. The zero-order valence-electron chi connectivity index (χ0n) is 30.8. The van der Waals surface area contributed by atoms with Crippen LogP contribution < -0.4 is 9.64 Å². The summed E-state index contributed by atoms with van der Waals surface area (Å²) in [5.74, 6) is 2.50. The molecular weight excluding hydrogens is 796 g/mol. The van der Waals surface area contributed by atoms with Crippen LogP contribution in [0.3, 0.4) is 0 Å². The van der Waals surface area contributed by atoms with Crippen molar-refractivity contribution in [1.29, 1.82) is 0 Å². The van der Waals surface area contributed by atoms with Gasteiger partial charge in [-0.3, -0.25) is 0 Å². The molecule has 0 fully saturated rings. The van der Waals surface area contributed by atoms with Crippen LogP contribution in [-0.4, -0.2) is 14.1 Å². The second-order valence-electron chi connectivity index (χ2n) is 16.3. The first kappa shape index (κ1) is 33.0. The summed E-state index contributed by atoms with van der Waals surface area (Å²) in [4.78, 5) is 7.34. The number of para-hydroxylation sites is 2. The summed E-state index contributed by atoms with van der Waals surface area (Å²) in [6, 6.07) is 32.7. The third kappa shape index (κ3) is 4.48. The van der Waals surface area contributed by atoms with Crippen molar-refractivity contribution in [3.63, 3.8) is 0 Å². The molecule has 4 aromatic carbocycles. The molecule has 0 radical (unpaired) electrons. The van der Waals surface area contributed by atoms with Gasteiger partial charge in [0.25, 0.3) is 0 Å². The number of aromatic nitrogens is 3. The number of hydrogen-bond acceptors (Lipinski definition) is 3. The molecule has 2 aliphatic rings. The quantitative estimate of drug-likeness (QED) is 0.177. The average molecular weight is 842 g/mol. The van der Waals surface area contributed by atoms with Crippen LogP contribution in [0.5, 0.6) is 11.5 Å². The Bertz CT molecular complexity index is 2430. The zero-order valence-corrected chi connectivity index (χ0v) is 33.0. The molecule has 0 saturated carbocycles. The van der Waals surface area contributed by atoms with E-state index in [1.165, 1.54) is 39.0 Å². The van der Waals surface area contributed by atoms with E-state index in [1.54, 1.807) is 0 Å². The van der Waals surface area contributed by atoms with Gasteiger partial charge in [0.05, 0.1) is 0 Å². The van der Waals surface area contributed by atoms with E-state index in [9.17, 15) is 0 Å². The van der Waals surface area contributed by atoms with E-state index in [4.69, 9.17) is 9.72 Å². The van der Waals surface area contributed by atoms with E-state index in [0.717, 1.165) is 38.0 Å². The van der Waals surface area contributed by atoms with Gasteiger partial charge in [0.1, 0.15) is 0 Å². The number of benzene rings is 4. The molecule has 8 rings (SSSR count). The molecule has 258 valence electrons. The third-order valence-electron chi connectivity index (χ3n) is 12.8. The first-order valence-electron chi connectivity index (χ1n) is 17.5. The van der Waals surface area contributed by atoms with Crippen LogP contribution in [0.25, 0.3) is 16.7 Å². The fourth-order valence-corrected chi connectivity index (χ4v) is 9.39. The van der Waals surface area contributed by atoms with Crippen LogP contribution in [0.4, 0.5) is 17.2 Å². The molecule has 1 aliphatic heterocycles. The molecule has 6 heteroatoms. The molecule has 0 atom stereocenters. The smallest absolute Gasteiger partial charge is 0.0582 e. The molecule has 2 aromatic heterocycles. The molecule has 1 aliphatic carbocycles. The van der Waals surface area contributed by atoms with Gasteiger partial charge in [-0.2, -0.15) is 0 Å². The van der Waals surface area contributed by atoms with Crippen molar-refractivity contribution in [2.45, 2.75) is 78.6 Å². The van der Waals surface area contributed by atoms with Gasteiger partial charge in [-0.05, 0) is 45.9 Å². The summed E-state index contributed by atoms with van der Waals surface area (Å²) < 4.78 is 12.4. The van der Waals surface area contributed by atoms with E-state index in [0.29, 0.717) is 0 Å². The second-order valence-corrected chi connectivity index (χ2v) is 17.4. The van der Waals surface area contributed by atoms with Gasteiger partial charge in [0, 0.05) is 6.20 Å². The monoisotopic (exact) mass is 841 g/mol. The van der Waals surface area contributed by atoms with Crippen LogP contribution in [0.1, 0.15) is 83.2 Å². The number of rotatable bonds is 4. The molecule has 0 N–H and O–H groups in total. The van der Waals surface area contributed by atoms with Crippen LogP contribution in [-0.2, 0) is 42.6 Å². The number of aryl methyl sites for hydroxylation is 2. The molecule has 0 bridgehead atoms. The van der Waals surface area contributed by atoms with Gasteiger partial charge >= 0.3 is 209 Å². The van der Waals surface area contributed by atoms with Gasteiger partial charge in [-0.25, -0.2) is 0 Å². The van der Waals surface area contributed by atoms with E-state index in [2.05, 4.69) is 188 Å². The summed E-state index contributed by atoms with van der Waals surface area (Å²) in [5, 5.41) is 0. The van der Waals surface area contributed by atoms with Crippen molar-refractivity contribution in [1.82, 2.24) is 14.1 Å². The molecule has 0 amide bonds. The summed E-state index contributed by atoms with van der Waals surface area (Å²) in [6.45, 7) is 21.4. The van der Waals surface area contributed by atoms with Crippen LogP contribution in [0, 0.1) is 16.1 Å². The molecule has 50 heavy (non-hydrogen) atoms. The van der Waals surface area contributed by atoms with E-state index in [1.807, 2.05) is 12.3 Å². The number of hydrogen-bond donors (Lipinski definition) is 0. The van der Waals surface area contributed by atoms with Crippen molar-refractivity contribution in [3.8, 4) is 17.2 Å². The Kier molecular flexibility index (Phi) is 7.18. The van der Waals surface area contributed by atoms with Gasteiger partial charge in [0.15, 0.2) is 0 Å². The second kappa shape index (κ2) is 10.9. The number of anilines is 3.